The van der Waals surface area contributed by atoms with E-state index in [0.29, 0.717) is 11.1 Å². The van der Waals surface area contributed by atoms with Crippen LogP contribution in [0.1, 0.15) is 17.5 Å². The van der Waals surface area contributed by atoms with Crippen LogP contribution in [-0.4, -0.2) is 9.85 Å². The highest BCUT2D eigenvalue weighted by Crippen LogP contribution is 2.45. The molecule has 1 aliphatic rings. The van der Waals surface area contributed by atoms with E-state index < -0.39 is 0 Å². The molecular formula is C30H18N2O4S2. The van der Waals surface area contributed by atoms with E-state index in [-0.39, 0.29) is 21.2 Å². The van der Waals surface area contributed by atoms with E-state index in [9.17, 15) is 20.2 Å². The van der Waals surface area contributed by atoms with Gasteiger partial charge in [-0.1, -0.05) is 36.4 Å². The van der Waals surface area contributed by atoms with Crippen molar-refractivity contribution >= 4 is 71.1 Å². The average molecular weight is 535 g/mol. The van der Waals surface area contributed by atoms with Crippen molar-refractivity contribution in [3.63, 3.8) is 0 Å². The standard InChI is InChI=1S/C30H18N2O4S2/c33-31(34)25-11-19-7-3-1-5-17(19)9-23(25)29-15-21-13-28-22(14-27(21)37-29)16-30(38-28)24-10-18-6-2-4-8-20(18)12-26(24)32(35)36/h1-3,5-7,9-16H,4,8H2. The molecule has 0 atom stereocenters. The van der Waals surface area contributed by atoms with Gasteiger partial charge in [-0.05, 0) is 81.9 Å². The van der Waals surface area contributed by atoms with Crippen LogP contribution in [0.3, 0.4) is 0 Å². The monoisotopic (exact) mass is 534 g/mol. The third-order valence-electron chi connectivity index (χ3n) is 7.08. The third-order valence-corrected chi connectivity index (χ3v) is 9.34. The molecule has 7 rings (SSSR count). The first-order chi connectivity index (χ1) is 18.4. The Morgan fingerprint density at radius 2 is 1.24 bits per heavy atom. The van der Waals surface area contributed by atoms with Gasteiger partial charge in [0.2, 0.25) is 0 Å². The maximum atomic E-state index is 11.9. The minimum absolute atomic E-state index is 0.0909. The smallest absolute Gasteiger partial charge is 0.258 e. The number of nitrogens with zero attached hydrogens (tertiary/aromatic N) is 2. The van der Waals surface area contributed by atoms with Crippen LogP contribution in [0.15, 0.2) is 78.9 Å². The van der Waals surface area contributed by atoms with Crippen LogP contribution in [-0.2, 0) is 6.42 Å². The van der Waals surface area contributed by atoms with Crippen molar-refractivity contribution in [2.24, 2.45) is 0 Å². The third kappa shape index (κ3) is 3.69. The summed E-state index contributed by atoms with van der Waals surface area (Å²) in [5.74, 6) is 0. The molecule has 0 N–H and O–H groups in total. The average Bonchev–Trinajstić information content (AvgIpc) is 3.53. The van der Waals surface area contributed by atoms with Crippen molar-refractivity contribution in [1.82, 2.24) is 0 Å². The van der Waals surface area contributed by atoms with Crippen LogP contribution in [0.25, 0.3) is 57.9 Å². The van der Waals surface area contributed by atoms with E-state index >= 15 is 0 Å². The van der Waals surface area contributed by atoms with E-state index in [2.05, 4.69) is 18.2 Å². The van der Waals surface area contributed by atoms with Gasteiger partial charge >= 0.3 is 0 Å². The zero-order chi connectivity index (χ0) is 26.0. The number of hydrogen-bond donors (Lipinski definition) is 0. The van der Waals surface area contributed by atoms with Crippen LogP contribution in [0.2, 0.25) is 0 Å². The second-order valence-corrected chi connectivity index (χ2v) is 11.6. The van der Waals surface area contributed by atoms with Crippen LogP contribution in [0.4, 0.5) is 11.4 Å². The van der Waals surface area contributed by atoms with Crippen molar-refractivity contribution in [3.8, 4) is 20.9 Å². The Hall–Kier alpha value is -4.40. The first-order valence-corrected chi connectivity index (χ1v) is 13.7. The van der Waals surface area contributed by atoms with E-state index in [1.165, 1.54) is 22.7 Å². The topological polar surface area (TPSA) is 86.3 Å². The molecule has 38 heavy (non-hydrogen) atoms. The largest absolute Gasteiger partial charge is 0.278 e. The van der Waals surface area contributed by atoms with Gasteiger partial charge in [0, 0.05) is 31.3 Å². The summed E-state index contributed by atoms with van der Waals surface area (Å²) in [6, 6.07) is 23.0. The molecule has 0 bridgehead atoms. The SMILES string of the molecule is O=[N+]([O-])c1cc2c(cc1-c1cc3cc4sc(-c5cc6ccccc6cc5[N+](=O)[O-])cc4cc3s1)C=CCC2. The molecule has 184 valence electrons. The van der Waals surface area contributed by atoms with Crippen molar-refractivity contribution in [2.75, 3.05) is 0 Å². The van der Waals surface area contributed by atoms with Gasteiger partial charge in [-0.2, -0.15) is 0 Å². The van der Waals surface area contributed by atoms with E-state index in [1.807, 2.05) is 54.6 Å². The zero-order valence-electron chi connectivity index (χ0n) is 19.8. The molecule has 0 radical (unpaired) electrons. The van der Waals surface area contributed by atoms with Crippen molar-refractivity contribution in [3.05, 3.63) is 110 Å². The van der Waals surface area contributed by atoms with Gasteiger partial charge in [0.1, 0.15) is 0 Å². The van der Waals surface area contributed by atoms with E-state index in [1.54, 1.807) is 12.1 Å². The number of fused-ring (bicyclic) bond motifs is 4. The molecule has 8 heteroatoms. The molecule has 0 saturated carbocycles. The summed E-state index contributed by atoms with van der Waals surface area (Å²) in [5, 5.41) is 27.6. The molecule has 0 amide bonds. The predicted molar refractivity (Wildman–Crippen MR) is 156 cm³/mol. The minimum atomic E-state index is -0.322. The normalized spacial score (nSPS) is 12.8. The zero-order valence-corrected chi connectivity index (χ0v) is 21.5. The summed E-state index contributed by atoms with van der Waals surface area (Å²) < 4.78 is 2.04. The maximum Gasteiger partial charge on any atom is 0.278 e. The highest BCUT2D eigenvalue weighted by atomic mass is 32.1. The van der Waals surface area contributed by atoms with E-state index in [4.69, 9.17) is 0 Å². The number of hydrogen-bond acceptors (Lipinski definition) is 6. The molecule has 0 aliphatic heterocycles. The molecule has 6 aromatic rings. The molecule has 1 aliphatic carbocycles. The maximum absolute atomic E-state index is 11.9. The van der Waals surface area contributed by atoms with Crippen LogP contribution in [0.5, 0.6) is 0 Å². The van der Waals surface area contributed by atoms with E-state index in [0.717, 1.165) is 64.7 Å². The van der Waals surface area contributed by atoms with Gasteiger partial charge in [0.15, 0.2) is 0 Å². The lowest BCUT2D eigenvalue weighted by Gasteiger charge is -2.12. The summed E-state index contributed by atoms with van der Waals surface area (Å²) in [6.07, 6.45) is 5.86. The molecule has 0 unspecified atom stereocenters. The fourth-order valence-corrected chi connectivity index (χ4v) is 7.47. The number of allylic oxidation sites excluding steroid dienone is 1. The fraction of sp³-hybridized carbons (Fsp3) is 0.0667. The van der Waals surface area contributed by atoms with Gasteiger partial charge in [0.05, 0.1) is 21.0 Å². The number of thiophene rings is 2. The molecule has 4 aromatic carbocycles. The molecule has 0 saturated heterocycles. The second kappa shape index (κ2) is 8.58. The lowest BCUT2D eigenvalue weighted by Crippen LogP contribution is -1.99. The predicted octanol–water partition coefficient (Wildman–Crippen LogP) is 9.38. The summed E-state index contributed by atoms with van der Waals surface area (Å²) >= 11 is 3.05. The molecule has 0 fully saturated rings. The van der Waals surface area contributed by atoms with Crippen molar-refractivity contribution in [2.45, 2.75) is 12.8 Å². The number of benzene rings is 4. The lowest BCUT2D eigenvalue weighted by atomic mass is 9.94. The molecular weight excluding hydrogens is 516 g/mol. The molecule has 0 spiro atoms. The fourth-order valence-electron chi connectivity index (χ4n) is 5.23. The Morgan fingerprint density at radius 1 is 0.658 bits per heavy atom. The Morgan fingerprint density at radius 3 is 1.87 bits per heavy atom. The molecule has 2 heterocycles. The molecule has 2 aromatic heterocycles. The first kappa shape index (κ1) is 22.8. The quantitative estimate of drug-likeness (QED) is 0.166. The lowest BCUT2D eigenvalue weighted by molar-refractivity contribution is -0.384. The summed E-state index contributed by atoms with van der Waals surface area (Å²) in [4.78, 5) is 24.9. The van der Waals surface area contributed by atoms with Gasteiger partial charge in [-0.25, -0.2) is 0 Å². The highest BCUT2D eigenvalue weighted by Gasteiger charge is 2.22. The Balaban J connectivity index is 1.36. The van der Waals surface area contributed by atoms with Gasteiger partial charge < -0.3 is 0 Å². The summed E-state index contributed by atoms with van der Waals surface area (Å²) in [5.41, 5.74) is 3.53. The minimum Gasteiger partial charge on any atom is -0.258 e. The van der Waals surface area contributed by atoms with Crippen LogP contribution in [0, 0.1) is 20.2 Å². The Labute approximate surface area is 224 Å². The number of rotatable bonds is 4. The molecule has 6 nitrogen and oxygen atoms in total. The van der Waals surface area contributed by atoms with Gasteiger partial charge in [-0.3, -0.25) is 20.2 Å². The number of aryl methyl sites for hydroxylation is 1. The summed E-state index contributed by atoms with van der Waals surface area (Å²) in [6.45, 7) is 0. The van der Waals surface area contributed by atoms with Crippen LogP contribution >= 0.6 is 22.7 Å². The van der Waals surface area contributed by atoms with Crippen molar-refractivity contribution in [1.29, 1.82) is 0 Å². The Bertz CT molecular complexity index is 1950. The van der Waals surface area contributed by atoms with Gasteiger partial charge in [-0.15, -0.1) is 22.7 Å². The second-order valence-electron chi connectivity index (χ2n) is 9.39. The summed E-state index contributed by atoms with van der Waals surface area (Å²) in [7, 11) is 0. The van der Waals surface area contributed by atoms with Crippen molar-refractivity contribution < 1.29 is 9.85 Å². The first-order valence-electron chi connectivity index (χ1n) is 12.1. The van der Waals surface area contributed by atoms with Crippen LogP contribution < -0.4 is 0 Å². The Kier molecular flexibility index (Phi) is 5.14. The highest BCUT2D eigenvalue weighted by molar-refractivity contribution is 7.24. The number of nitro groups is 2. The number of nitro benzene ring substituents is 2. The van der Waals surface area contributed by atoms with Gasteiger partial charge in [0.25, 0.3) is 11.4 Å².